The summed E-state index contributed by atoms with van der Waals surface area (Å²) in [5.74, 6) is -0.111. The lowest BCUT2D eigenvalue weighted by Gasteiger charge is -2.15. The topological polar surface area (TPSA) is 46.1 Å². The minimum Gasteiger partial charge on any atom is -0.329 e. The van der Waals surface area contributed by atoms with Crippen LogP contribution < -0.4 is 0 Å². The van der Waals surface area contributed by atoms with E-state index in [0.717, 1.165) is 5.56 Å². The minimum absolute atomic E-state index is 0.111. The van der Waals surface area contributed by atoms with Gasteiger partial charge in [0.1, 0.15) is 12.0 Å². The van der Waals surface area contributed by atoms with Crippen molar-refractivity contribution < 1.29 is 4.79 Å². The van der Waals surface area contributed by atoms with Gasteiger partial charge in [-0.15, -0.1) is 0 Å². The summed E-state index contributed by atoms with van der Waals surface area (Å²) in [5.41, 5.74) is 4.14. The highest BCUT2D eigenvalue weighted by molar-refractivity contribution is 6.42. The molecule has 1 amide bonds. The quantitative estimate of drug-likeness (QED) is 0.662. The molecule has 0 saturated heterocycles. The van der Waals surface area contributed by atoms with E-state index < -0.39 is 0 Å². The van der Waals surface area contributed by atoms with Crippen molar-refractivity contribution in [1.29, 1.82) is 0 Å². The van der Waals surface area contributed by atoms with Gasteiger partial charge in [0.2, 0.25) is 0 Å². The van der Waals surface area contributed by atoms with E-state index in [9.17, 15) is 4.79 Å². The fourth-order valence-corrected chi connectivity index (χ4v) is 3.22. The van der Waals surface area contributed by atoms with E-state index in [1.165, 1.54) is 17.5 Å². The molecule has 6 heteroatoms. The molecule has 0 fully saturated rings. The molecule has 0 spiro atoms. The first-order valence-electron chi connectivity index (χ1n) is 7.75. The van der Waals surface area contributed by atoms with Gasteiger partial charge in [-0.3, -0.25) is 4.79 Å². The molecule has 1 aromatic heterocycles. The molecule has 0 atom stereocenters. The zero-order chi connectivity index (χ0) is 17.4. The summed E-state index contributed by atoms with van der Waals surface area (Å²) in [6.07, 6.45) is 1.40. The lowest BCUT2D eigenvalue weighted by atomic mass is 10.1. The molecule has 4 rings (SSSR count). The third-order valence-electron chi connectivity index (χ3n) is 4.23. The Kier molecular flexibility index (Phi) is 4.15. The summed E-state index contributed by atoms with van der Waals surface area (Å²) in [6.45, 7) is 1.20. The molecule has 4 nitrogen and oxygen atoms in total. The number of halogens is 2. The van der Waals surface area contributed by atoms with Crippen LogP contribution in [0.5, 0.6) is 0 Å². The molecule has 0 aliphatic carbocycles. The molecule has 124 valence electrons. The zero-order valence-electron chi connectivity index (χ0n) is 13.1. The Labute approximate surface area is 155 Å². The Bertz CT molecular complexity index is 949. The predicted octanol–water partition coefficient (Wildman–Crippen LogP) is 4.61. The van der Waals surface area contributed by atoms with E-state index in [0.29, 0.717) is 34.5 Å². The Hall–Kier alpha value is -2.43. The second-order valence-electron chi connectivity index (χ2n) is 5.85. The van der Waals surface area contributed by atoms with E-state index in [1.807, 2.05) is 30.3 Å². The molecule has 3 aromatic rings. The van der Waals surface area contributed by atoms with Crippen molar-refractivity contribution in [3.8, 4) is 11.3 Å². The van der Waals surface area contributed by atoms with E-state index in [2.05, 4.69) is 9.97 Å². The van der Waals surface area contributed by atoms with Gasteiger partial charge < -0.3 is 4.90 Å². The number of hydrogen-bond acceptors (Lipinski definition) is 3. The maximum absolute atomic E-state index is 12.8. The first-order chi connectivity index (χ1) is 12.1. The van der Waals surface area contributed by atoms with Gasteiger partial charge in [-0.05, 0) is 29.3 Å². The van der Waals surface area contributed by atoms with Gasteiger partial charge in [-0.25, -0.2) is 9.97 Å². The van der Waals surface area contributed by atoms with Crippen LogP contribution in [0.3, 0.4) is 0 Å². The lowest BCUT2D eigenvalue weighted by molar-refractivity contribution is 0.0745. The molecule has 1 aliphatic heterocycles. The van der Waals surface area contributed by atoms with Gasteiger partial charge >= 0.3 is 0 Å². The highest BCUT2D eigenvalue weighted by atomic mass is 35.5. The van der Waals surface area contributed by atoms with Crippen molar-refractivity contribution in [2.24, 2.45) is 0 Å². The highest BCUT2D eigenvalue weighted by Gasteiger charge is 2.25. The SMILES string of the molecule is O=C(c1cc(-c2ccc(Cl)c(Cl)c2)ncn1)N1Cc2ccccc2C1. The van der Waals surface area contributed by atoms with Crippen molar-refractivity contribution in [1.82, 2.24) is 14.9 Å². The number of carbonyl (C=O) groups excluding carboxylic acids is 1. The average molecular weight is 370 g/mol. The molecule has 0 N–H and O–H groups in total. The van der Waals surface area contributed by atoms with E-state index in [-0.39, 0.29) is 5.91 Å². The van der Waals surface area contributed by atoms with Gasteiger partial charge in [0.05, 0.1) is 15.7 Å². The van der Waals surface area contributed by atoms with Crippen molar-refractivity contribution in [3.63, 3.8) is 0 Å². The zero-order valence-corrected chi connectivity index (χ0v) is 14.6. The van der Waals surface area contributed by atoms with Crippen LogP contribution in [0.25, 0.3) is 11.3 Å². The summed E-state index contributed by atoms with van der Waals surface area (Å²) in [7, 11) is 0. The Balaban J connectivity index is 1.61. The number of amides is 1. The van der Waals surface area contributed by atoms with E-state index in [1.54, 1.807) is 23.1 Å². The molecule has 0 unspecified atom stereocenters. The van der Waals surface area contributed by atoms with E-state index in [4.69, 9.17) is 23.2 Å². The maximum Gasteiger partial charge on any atom is 0.273 e. The van der Waals surface area contributed by atoms with Crippen molar-refractivity contribution in [2.75, 3.05) is 0 Å². The second kappa shape index (κ2) is 6.47. The molecule has 1 aliphatic rings. The highest BCUT2D eigenvalue weighted by Crippen LogP contribution is 2.28. The first kappa shape index (κ1) is 16.1. The summed E-state index contributed by atoms with van der Waals surface area (Å²) in [6, 6.07) is 15.0. The van der Waals surface area contributed by atoms with Gasteiger partial charge in [0.15, 0.2) is 0 Å². The minimum atomic E-state index is -0.111. The number of benzene rings is 2. The Morgan fingerprint density at radius 1 is 0.920 bits per heavy atom. The average Bonchev–Trinajstić information content (AvgIpc) is 3.07. The van der Waals surface area contributed by atoms with Crippen LogP contribution in [0, 0.1) is 0 Å². The Morgan fingerprint density at radius 3 is 2.32 bits per heavy atom. The van der Waals surface area contributed by atoms with Gasteiger partial charge in [-0.1, -0.05) is 53.5 Å². The Morgan fingerprint density at radius 2 is 1.64 bits per heavy atom. The van der Waals surface area contributed by atoms with Crippen molar-refractivity contribution in [2.45, 2.75) is 13.1 Å². The normalized spacial score (nSPS) is 13.0. The van der Waals surface area contributed by atoms with Crippen LogP contribution in [-0.2, 0) is 13.1 Å². The standard InChI is InChI=1S/C19H13Cl2N3O/c20-15-6-5-12(7-16(15)21)17-8-18(23-11-22-17)19(25)24-9-13-3-1-2-4-14(13)10-24/h1-8,11H,9-10H2. The number of aromatic nitrogens is 2. The molecule has 0 radical (unpaired) electrons. The van der Waals surface area contributed by atoms with Gasteiger partial charge in [-0.2, -0.15) is 0 Å². The van der Waals surface area contributed by atoms with Crippen LogP contribution in [0.4, 0.5) is 0 Å². The van der Waals surface area contributed by atoms with Crippen LogP contribution in [0.2, 0.25) is 10.0 Å². The molecule has 2 aromatic carbocycles. The predicted molar refractivity (Wildman–Crippen MR) is 97.5 cm³/mol. The summed E-state index contributed by atoms with van der Waals surface area (Å²) < 4.78 is 0. The molecule has 25 heavy (non-hydrogen) atoms. The van der Waals surface area contributed by atoms with Crippen molar-refractivity contribution >= 4 is 29.1 Å². The number of nitrogens with zero attached hydrogens (tertiary/aromatic N) is 3. The number of rotatable bonds is 2. The maximum atomic E-state index is 12.8. The van der Waals surface area contributed by atoms with Crippen LogP contribution in [0.1, 0.15) is 21.6 Å². The molecule has 0 bridgehead atoms. The summed E-state index contributed by atoms with van der Waals surface area (Å²) >= 11 is 12.0. The van der Waals surface area contributed by atoms with Gasteiger partial charge in [0, 0.05) is 18.7 Å². The van der Waals surface area contributed by atoms with E-state index >= 15 is 0 Å². The van der Waals surface area contributed by atoms with Crippen LogP contribution in [-0.4, -0.2) is 20.8 Å². The smallest absolute Gasteiger partial charge is 0.273 e. The third kappa shape index (κ3) is 3.11. The summed E-state index contributed by atoms with van der Waals surface area (Å²) in [5, 5.41) is 0.922. The number of hydrogen-bond donors (Lipinski definition) is 0. The molecule has 2 heterocycles. The fourth-order valence-electron chi connectivity index (χ4n) is 2.93. The third-order valence-corrected chi connectivity index (χ3v) is 4.97. The summed E-state index contributed by atoms with van der Waals surface area (Å²) in [4.78, 5) is 23.0. The monoisotopic (exact) mass is 369 g/mol. The fraction of sp³-hybridized carbons (Fsp3) is 0.105. The second-order valence-corrected chi connectivity index (χ2v) is 6.66. The molecule has 0 saturated carbocycles. The lowest BCUT2D eigenvalue weighted by Crippen LogP contribution is -2.26. The first-order valence-corrected chi connectivity index (χ1v) is 8.51. The number of carbonyl (C=O) groups is 1. The largest absolute Gasteiger partial charge is 0.329 e. The van der Waals surface area contributed by atoms with Crippen LogP contribution >= 0.6 is 23.2 Å². The van der Waals surface area contributed by atoms with Crippen molar-refractivity contribution in [3.05, 3.63) is 81.7 Å². The molecular formula is C19H13Cl2N3O. The number of fused-ring (bicyclic) bond motifs is 1. The molecular weight excluding hydrogens is 357 g/mol. The van der Waals surface area contributed by atoms with Gasteiger partial charge in [0.25, 0.3) is 5.91 Å². The van der Waals surface area contributed by atoms with Crippen LogP contribution in [0.15, 0.2) is 54.9 Å².